The SMILES string of the molecule is C#CCCCCCCCCCCCC(N)=O. The van der Waals surface area contributed by atoms with E-state index >= 15 is 0 Å². The number of hydrogen-bond donors (Lipinski definition) is 1. The number of carbonyl (C=O) groups is 1. The predicted octanol–water partition coefficient (Wildman–Crippen LogP) is 3.40. The van der Waals surface area contributed by atoms with Gasteiger partial charge in [-0.2, -0.15) is 0 Å². The molecule has 0 radical (unpaired) electrons. The Kier molecular flexibility index (Phi) is 11.4. The van der Waals surface area contributed by atoms with E-state index in [-0.39, 0.29) is 5.91 Å². The molecule has 0 spiro atoms. The first-order valence-corrected chi connectivity index (χ1v) is 6.49. The van der Waals surface area contributed by atoms with E-state index in [2.05, 4.69) is 5.92 Å². The van der Waals surface area contributed by atoms with Gasteiger partial charge in [0.1, 0.15) is 0 Å². The van der Waals surface area contributed by atoms with Gasteiger partial charge in [-0.3, -0.25) is 4.79 Å². The Morgan fingerprint density at radius 2 is 1.31 bits per heavy atom. The van der Waals surface area contributed by atoms with E-state index in [9.17, 15) is 4.79 Å². The molecule has 0 aliphatic carbocycles. The Hall–Kier alpha value is -0.970. The lowest BCUT2D eigenvalue weighted by Gasteiger charge is -2.01. The number of rotatable bonds is 11. The van der Waals surface area contributed by atoms with E-state index in [4.69, 9.17) is 12.2 Å². The fraction of sp³-hybridized carbons (Fsp3) is 0.786. The van der Waals surface area contributed by atoms with E-state index in [1.54, 1.807) is 0 Å². The minimum atomic E-state index is -0.173. The molecule has 1 amide bonds. The van der Waals surface area contributed by atoms with Gasteiger partial charge in [0.05, 0.1) is 0 Å². The van der Waals surface area contributed by atoms with Gasteiger partial charge in [-0.15, -0.1) is 12.3 Å². The van der Waals surface area contributed by atoms with Gasteiger partial charge in [0.2, 0.25) is 5.91 Å². The Morgan fingerprint density at radius 1 is 0.875 bits per heavy atom. The summed E-state index contributed by atoms with van der Waals surface area (Å²) in [7, 11) is 0. The molecule has 2 nitrogen and oxygen atoms in total. The summed E-state index contributed by atoms with van der Waals surface area (Å²) in [6.07, 6.45) is 17.6. The van der Waals surface area contributed by atoms with Gasteiger partial charge >= 0.3 is 0 Å². The maximum absolute atomic E-state index is 10.5. The minimum absolute atomic E-state index is 0.173. The highest BCUT2D eigenvalue weighted by Gasteiger charge is 1.95. The van der Waals surface area contributed by atoms with E-state index in [1.165, 1.54) is 44.9 Å². The van der Waals surface area contributed by atoms with Gasteiger partial charge in [-0.1, -0.05) is 44.9 Å². The summed E-state index contributed by atoms with van der Waals surface area (Å²) in [5, 5.41) is 0. The van der Waals surface area contributed by atoms with E-state index in [0.717, 1.165) is 19.3 Å². The van der Waals surface area contributed by atoms with Crippen LogP contribution in [0.2, 0.25) is 0 Å². The van der Waals surface area contributed by atoms with Crippen molar-refractivity contribution in [1.29, 1.82) is 0 Å². The second-order valence-electron chi connectivity index (χ2n) is 4.35. The summed E-state index contributed by atoms with van der Waals surface area (Å²) in [6.45, 7) is 0. The molecule has 0 aliphatic rings. The molecule has 0 atom stereocenters. The molecular formula is C14H25NO. The van der Waals surface area contributed by atoms with Crippen molar-refractivity contribution in [2.24, 2.45) is 5.73 Å². The number of hydrogen-bond acceptors (Lipinski definition) is 1. The number of carbonyl (C=O) groups excluding carboxylic acids is 1. The fourth-order valence-electron chi connectivity index (χ4n) is 1.76. The Bertz CT molecular complexity index is 205. The van der Waals surface area contributed by atoms with E-state index < -0.39 is 0 Å². The van der Waals surface area contributed by atoms with Crippen molar-refractivity contribution >= 4 is 5.91 Å². The van der Waals surface area contributed by atoms with Crippen molar-refractivity contribution in [3.8, 4) is 12.3 Å². The van der Waals surface area contributed by atoms with Crippen molar-refractivity contribution in [3.63, 3.8) is 0 Å². The Labute approximate surface area is 100.0 Å². The summed E-state index contributed by atoms with van der Waals surface area (Å²) in [4.78, 5) is 10.5. The van der Waals surface area contributed by atoms with Crippen LogP contribution in [0.5, 0.6) is 0 Å². The molecule has 16 heavy (non-hydrogen) atoms. The molecule has 0 aromatic heterocycles. The highest BCUT2D eigenvalue weighted by atomic mass is 16.1. The van der Waals surface area contributed by atoms with Crippen LogP contribution >= 0.6 is 0 Å². The molecule has 0 saturated heterocycles. The third kappa shape index (κ3) is 13.0. The van der Waals surface area contributed by atoms with Crippen molar-refractivity contribution in [2.75, 3.05) is 0 Å². The molecule has 0 rings (SSSR count). The lowest BCUT2D eigenvalue weighted by molar-refractivity contribution is -0.118. The molecule has 0 unspecified atom stereocenters. The zero-order valence-corrected chi connectivity index (χ0v) is 10.3. The van der Waals surface area contributed by atoms with E-state index in [0.29, 0.717) is 6.42 Å². The van der Waals surface area contributed by atoms with Crippen LogP contribution in [0.1, 0.15) is 70.6 Å². The van der Waals surface area contributed by atoms with Crippen LogP contribution < -0.4 is 5.73 Å². The van der Waals surface area contributed by atoms with Crippen molar-refractivity contribution in [3.05, 3.63) is 0 Å². The zero-order valence-electron chi connectivity index (χ0n) is 10.3. The summed E-state index contributed by atoms with van der Waals surface area (Å²) in [5.74, 6) is 2.49. The number of unbranched alkanes of at least 4 members (excludes halogenated alkanes) is 9. The molecule has 92 valence electrons. The first-order valence-electron chi connectivity index (χ1n) is 6.49. The van der Waals surface area contributed by atoms with Crippen LogP contribution in [0.15, 0.2) is 0 Å². The maximum Gasteiger partial charge on any atom is 0.217 e. The van der Waals surface area contributed by atoms with Crippen LogP contribution in [-0.4, -0.2) is 5.91 Å². The van der Waals surface area contributed by atoms with Crippen molar-refractivity contribution in [2.45, 2.75) is 70.6 Å². The van der Waals surface area contributed by atoms with Crippen LogP contribution in [0.3, 0.4) is 0 Å². The number of amides is 1. The minimum Gasteiger partial charge on any atom is -0.370 e. The van der Waals surface area contributed by atoms with Crippen molar-refractivity contribution < 1.29 is 4.79 Å². The van der Waals surface area contributed by atoms with Gasteiger partial charge in [0.15, 0.2) is 0 Å². The molecule has 2 heteroatoms. The molecule has 0 saturated carbocycles. The van der Waals surface area contributed by atoms with E-state index in [1.807, 2.05) is 0 Å². The van der Waals surface area contributed by atoms with Crippen LogP contribution in [0.4, 0.5) is 0 Å². The summed E-state index contributed by atoms with van der Waals surface area (Å²) < 4.78 is 0. The van der Waals surface area contributed by atoms with Gasteiger partial charge in [0, 0.05) is 12.8 Å². The number of nitrogens with two attached hydrogens (primary N) is 1. The third-order valence-corrected chi connectivity index (χ3v) is 2.74. The topological polar surface area (TPSA) is 43.1 Å². The Balaban J connectivity index is 2.94. The normalized spacial score (nSPS) is 9.94. The molecule has 0 fully saturated rings. The maximum atomic E-state index is 10.5. The summed E-state index contributed by atoms with van der Waals surface area (Å²) in [5.41, 5.74) is 5.06. The highest BCUT2D eigenvalue weighted by Crippen LogP contribution is 2.10. The average Bonchev–Trinajstić information content (AvgIpc) is 2.25. The average molecular weight is 223 g/mol. The lowest BCUT2D eigenvalue weighted by Crippen LogP contribution is -2.09. The lowest BCUT2D eigenvalue weighted by atomic mass is 10.1. The number of terminal acetylenes is 1. The largest absolute Gasteiger partial charge is 0.370 e. The molecule has 0 aliphatic heterocycles. The second kappa shape index (κ2) is 12.1. The van der Waals surface area contributed by atoms with Crippen LogP contribution in [0, 0.1) is 12.3 Å². The first-order chi connectivity index (χ1) is 7.77. The van der Waals surface area contributed by atoms with Gasteiger partial charge in [0.25, 0.3) is 0 Å². The summed E-state index contributed by atoms with van der Waals surface area (Å²) in [6, 6.07) is 0. The fourth-order valence-corrected chi connectivity index (χ4v) is 1.76. The third-order valence-electron chi connectivity index (χ3n) is 2.74. The van der Waals surface area contributed by atoms with Crippen molar-refractivity contribution in [1.82, 2.24) is 0 Å². The van der Waals surface area contributed by atoms with Gasteiger partial charge < -0.3 is 5.73 Å². The van der Waals surface area contributed by atoms with Crippen LogP contribution in [0.25, 0.3) is 0 Å². The molecule has 0 aromatic carbocycles. The highest BCUT2D eigenvalue weighted by molar-refractivity contribution is 5.73. The Morgan fingerprint density at radius 3 is 1.75 bits per heavy atom. The smallest absolute Gasteiger partial charge is 0.217 e. The summed E-state index contributed by atoms with van der Waals surface area (Å²) >= 11 is 0. The molecular weight excluding hydrogens is 198 g/mol. The monoisotopic (exact) mass is 223 g/mol. The molecule has 2 N–H and O–H groups in total. The number of primary amides is 1. The van der Waals surface area contributed by atoms with Gasteiger partial charge in [-0.05, 0) is 12.8 Å². The quantitative estimate of drug-likeness (QED) is 0.423. The predicted molar refractivity (Wildman–Crippen MR) is 68.8 cm³/mol. The first kappa shape index (κ1) is 15.0. The zero-order chi connectivity index (χ0) is 12.1. The molecule has 0 heterocycles. The molecule has 0 aromatic rings. The molecule has 0 bridgehead atoms. The second-order valence-corrected chi connectivity index (χ2v) is 4.35. The van der Waals surface area contributed by atoms with Gasteiger partial charge in [-0.25, -0.2) is 0 Å². The standard InChI is InChI=1S/C14H25NO/c1-2-3-4-5-6-7-8-9-10-11-12-13-14(15)16/h1H,3-13H2,(H2,15,16). The van der Waals surface area contributed by atoms with Crippen LogP contribution in [-0.2, 0) is 4.79 Å².